The molecule has 0 saturated heterocycles. The van der Waals surface area contributed by atoms with Crippen molar-refractivity contribution in [1.82, 2.24) is 29.1 Å². The number of aryl methyl sites for hydroxylation is 2. The first-order valence-electron chi connectivity index (χ1n) is 22.3. The van der Waals surface area contributed by atoms with Gasteiger partial charge in [-0.15, -0.1) is 0 Å². The van der Waals surface area contributed by atoms with Gasteiger partial charge in [-0.1, -0.05) is 170 Å². The lowest BCUT2D eigenvalue weighted by Crippen LogP contribution is -1.97. The first-order valence-corrected chi connectivity index (χ1v) is 22.3. The summed E-state index contributed by atoms with van der Waals surface area (Å²) in [5.41, 5.74) is 20.8. The molecule has 0 aliphatic rings. The smallest absolute Gasteiger partial charge is 0.145 e. The molecule has 6 nitrogen and oxygen atoms in total. The van der Waals surface area contributed by atoms with Crippen molar-refractivity contribution in [2.45, 2.75) is 13.8 Å². The zero-order valence-corrected chi connectivity index (χ0v) is 36.5. The van der Waals surface area contributed by atoms with E-state index in [-0.39, 0.29) is 0 Å². The van der Waals surface area contributed by atoms with Crippen LogP contribution in [0, 0.1) is 13.8 Å². The number of rotatable bonds is 8. The Morgan fingerprint density at radius 3 is 0.955 bits per heavy atom. The standard InChI is InChI=1S/C60H42N6/c1-39-13-11-21-53-55(39)63-59(65(53)49-15-5-3-6-16-49)47-35-27-43(28-36-47)41-23-31-45(32-24-41)57-58(62-52-20-10-9-19-51(52)61-57)46-33-25-42(26-34-46)44-29-37-48(38-30-44)60-64-56-40(2)14-12-22-54(56)66(60)50-17-7-4-8-18-50/h3-38H,1-2H3. The van der Waals surface area contributed by atoms with Crippen LogP contribution in [0.3, 0.4) is 0 Å². The molecule has 12 aromatic rings. The highest BCUT2D eigenvalue weighted by Crippen LogP contribution is 2.37. The minimum Gasteiger partial charge on any atom is -0.292 e. The highest BCUT2D eigenvalue weighted by Gasteiger charge is 2.19. The topological polar surface area (TPSA) is 61.4 Å². The molecule has 0 bridgehead atoms. The highest BCUT2D eigenvalue weighted by atomic mass is 15.1. The maximum Gasteiger partial charge on any atom is 0.145 e. The normalized spacial score (nSPS) is 11.5. The van der Waals surface area contributed by atoms with Crippen LogP contribution in [-0.2, 0) is 0 Å². The predicted molar refractivity (Wildman–Crippen MR) is 271 cm³/mol. The summed E-state index contributed by atoms with van der Waals surface area (Å²) in [6.45, 7) is 4.24. The Morgan fingerprint density at radius 2 is 0.591 bits per heavy atom. The SMILES string of the molecule is Cc1cccc2c1nc(-c1ccc(-c3ccc(-c4nc5ccccc5nc4-c4ccc(-c5ccc(-c6nc7c(C)cccc7n6-c6ccccc6)cc5)cc4)cc3)cc1)n2-c1ccccc1. The third kappa shape index (κ3) is 6.84. The molecule has 0 unspecified atom stereocenters. The molecular weight excluding hydrogens is 805 g/mol. The third-order valence-corrected chi connectivity index (χ3v) is 12.6. The molecule has 0 aliphatic heterocycles. The first-order chi connectivity index (χ1) is 32.5. The van der Waals surface area contributed by atoms with Gasteiger partial charge in [-0.2, -0.15) is 0 Å². The molecule has 3 heterocycles. The van der Waals surface area contributed by atoms with E-state index in [1.807, 2.05) is 36.4 Å². The van der Waals surface area contributed by atoms with E-state index < -0.39 is 0 Å². The third-order valence-electron chi connectivity index (χ3n) is 12.6. The van der Waals surface area contributed by atoms with E-state index in [0.717, 1.165) is 123 Å². The van der Waals surface area contributed by atoms with Crippen molar-refractivity contribution in [2.75, 3.05) is 0 Å². The number of hydrogen-bond acceptors (Lipinski definition) is 4. The average molecular weight is 847 g/mol. The van der Waals surface area contributed by atoms with E-state index >= 15 is 0 Å². The summed E-state index contributed by atoms with van der Waals surface area (Å²) in [6.07, 6.45) is 0. The molecule has 0 fully saturated rings. The average Bonchev–Trinajstić information content (AvgIpc) is 3.98. The summed E-state index contributed by atoms with van der Waals surface area (Å²) in [6, 6.07) is 76.5. The number of para-hydroxylation sites is 6. The fourth-order valence-corrected chi connectivity index (χ4v) is 9.21. The van der Waals surface area contributed by atoms with Gasteiger partial charge in [0, 0.05) is 33.6 Å². The minimum atomic E-state index is 0.847. The molecule has 0 saturated carbocycles. The molecule has 0 atom stereocenters. The maximum absolute atomic E-state index is 5.22. The number of benzene rings is 9. The molecule has 0 aliphatic carbocycles. The molecule has 312 valence electrons. The molecular formula is C60H42N6. The van der Waals surface area contributed by atoms with Crippen molar-refractivity contribution < 1.29 is 0 Å². The van der Waals surface area contributed by atoms with Gasteiger partial charge in [-0.3, -0.25) is 9.13 Å². The monoisotopic (exact) mass is 846 g/mol. The molecule has 6 heteroatoms. The van der Waals surface area contributed by atoms with Crippen molar-refractivity contribution in [1.29, 1.82) is 0 Å². The zero-order valence-electron chi connectivity index (χ0n) is 36.5. The van der Waals surface area contributed by atoms with Crippen LogP contribution in [0.1, 0.15) is 11.1 Å². The lowest BCUT2D eigenvalue weighted by atomic mass is 9.97. The lowest BCUT2D eigenvalue weighted by Gasteiger charge is -2.13. The van der Waals surface area contributed by atoms with E-state index in [2.05, 4.69) is 205 Å². The second-order valence-electron chi connectivity index (χ2n) is 16.8. The molecule has 66 heavy (non-hydrogen) atoms. The Bertz CT molecular complexity index is 3470. The van der Waals surface area contributed by atoms with Crippen LogP contribution in [0.2, 0.25) is 0 Å². The molecule has 0 N–H and O–H groups in total. The molecule has 3 aromatic heterocycles. The van der Waals surface area contributed by atoms with Crippen molar-refractivity contribution >= 4 is 33.1 Å². The summed E-state index contributed by atoms with van der Waals surface area (Å²) < 4.78 is 4.51. The van der Waals surface area contributed by atoms with Gasteiger partial charge in [0.1, 0.15) is 11.6 Å². The van der Waals surface area contributed by atoms with Gasteiger partial charge < -0.3 is 0 Å². The van der Waals surface area contributed by atoms with Gasteiger partial charge in [-0.25, -0.2) is 19.9 Å². The number of imidazole rings is 2. The second-order valence-corrected chi connectivity index (χ2v) is 16.8. The van der Waals surface area contributed by atoms with Gasteiger partial charge in [0.2, 0.25) is 0 Å². The Morgan fingerprint density at radius 1 is 0.273 bits per heavy atom. The van der Waals surface area contributed by atoms with Gasteiger partial charge in [0.15, 0.2) is 0 Å². The molecule has 9 aromatic carbocycles. The summed E-state index contributed by atoms with van der Waals surface area (Å²) in [7, 11) is 0. The number of nitrogens with zero attached hydrogens (tertiary/aromatic N) is 6. The van der Waals surface area contributed by atoms with Crippen LogP contribution >= 0.6 is 0 Å². The minimum absolute atomic E-state index is 0.847. The van der Waals surface area contributed by atoms with Gasteiger partial charge in [0.25, 0.3) is 0 Å². The van der Waals surface area contributed by atoms with Crippen LogP contribution in [0.5, 0.6) is 0 Å². The van der Waals surface area contributed by atoms with Crippen molar-refractivity contribution in [3.63, 3.8) is 0 Å². The number of hydrogen-bond donors (Lipinski definition) is 0. The molecule has 0 radical (unpaired) electrons. The van der Waals surface area contributed by atoms with E-state index in [4.69, 9.17) is 19.9 Å². The summed E-state index contributed by atoms with van der Waals surface area (Å²) in [5.74, 6) is 1.85. The second kappa shape index (κ2) is 16.1. The summed E-state index contributed by atoms with van der Waals surface area (Å²) in [5, 5.41) is 0. The van der Waals surface area contributed by atoms with E-state index in [1.165, 1.54) is 0 Å². The Balaban J connectivity index is 0.844. The zero-order chi connectivity index (χ0) is 44.1. The van der Waals surface area contributed by atoms with Crippen molar-refractivity contribution in [3.8, 4) is 78.9 Å². The van der Waals surface area contributed by atoms with E-state index in [0.29, 0.717) is 0 Å². The Kier molecular flexibility index (Phi) is 9.50. The fourth-order valence-electron chi connectivity index (χ4n) is 9.21. The lowest BCUT2D eigenvalue weighted by molar-refractivity contribution is 1.10. The van der Waals surface area contributed by atoms with Crippen molar-refractivity contribution in [3.05, 3.63) is 230 Å². The van der Waals surface area contributed by atoms with Crippen LogP contribution in [0.25, 0.3) is 112 Å². The number of aromatic nitrogens is 6. The largest absolute Gasteiger partial charge is 0.292 e. The Labute approximate surface area is 382 Å². The van der Waals surface area contributed by atoms with Crippen LogP contribution in [-0.4, -0.2) is 29.1 Å². The quantitative estimate of drug-likeness (QED) is 0.153. The summed E-state index contributed by atoms with van der Waals surface area (Å²) >= 11 is 0. The van der Waals surface area contributed by atoms with Crippen LogP contribution in [0.15, 0.2) is 218 Å². The number of fused-ring (bicyclic) bond motifs is 3. The van der Waals surface area contributed by atoms with Crippen LogP contribution in [0.4, 0.5) is 0 Å². The summed E-state index contributed by atoms with van der Waals surface area (Å²) in [4.78, 5) is 20.8. The predicted octanol–water partition coefficient (Wildman–Crippen LogP) is 14.9. The maximum atomic E-state index is 5.22. The van der Waals surface area contributed by atoms with Gasteiger partial charge >= 0.3 is 0 Å². The van der Waals surface area contributed by atoms with Crippen LogP contribution < -0.4 is 0 Å². The fraction of sp³-hybridized carbons (Fsp3) is 0.0333. The van der Waals surface area contributed by atoms with E-state index in [1.54, 1.807) is 0 Å². The molecule has 12 rings (SSSR count). The first kappa shape index (κ1) is 38.9. The highest BCUT2D eigenvalue weighted by molar-refractivity contribution is 5.89. The Hall–Kier alpha value is -8.74. The van der Waals surface area contributed by atoms with E-state index in [9.17, 15) is 0 Å². The van der Waals surface area contributed by atoms with Gasteiger partial charge in [0.05, 0.1) is 44.5 Å². The molecule has 0 spiro atoms. The van der Waals surface area contributed by atoms with Crippen molar-refractivity contribution in [2.24, 2.45) is 0 Å². The van der Waals surface area contributed by atoms with Gasteiger partial charge in [-0.05, 0) is 95.8 Å². The molecule has 0 amide bonds.